The first-order chi connectivity index (χ1) is 9.13. The molecule has 0 aliphatic carbocycles. The molecular weight excluding hydrogens is 302 g/mol. The smallest absolute Gasteiger partial charge is 0.0790 e. The summed E-state index contributed by atoms with van der Waals surface area (Å²) in [5, 5.41) is 7.99. The lowest BCUT2D eigenvalue weighted by atomic mass is 10.2. The number of rotatable bonds is 5. The Bertz CT molecular complexity index is 546. The number of nitrogens with one attached hydrogen (secondary N) is 1. The third-order valence-corrected chi connectivity index (χ3v) is 3.74. The average molecular weight is 322 g/mol. The average Bonchev–Trinajstić information content (AvgIpc) is 2.79. The maximum Gasteiger partial charge on any atom is 0.0790 e. The molecule has 0 radical (unpaired) electrons. The summed E-state index contributed by atoms with van der Waals surface area (Å²) in [5.41, 5.74) is 3.63. The largest absolute Gasteiger partial charge is 0.310 e. The minimum Gasteiger partial charge on any atom is -0.310 e. The third-order valence-electron chi connectivity index (χ3n) is 3.07. The van der Waals surface area contributed by atoms with Gasteiger partial charge < -0.3 is 5.32 Å². The highest BCUT2D eigenvalue weighted by Crippen LogP contribution is 2.23. The van der Waals surface area contributed by atoms with E-state index in [4.69, 9.17) is 0 Å². The molecule has 1 aromatic carbocycles. The Morgan fingerprint density at radius 3 is 2.68 bits per heavy atom. The molecule has 102 valence electrons. The monoisotopic (exact) mass is 321 g/mol. The van der Waals surface area contributed by atoms with Crippen LogP contribution in [-0.2, 0) is 13.0 Å². The Labute approximate surface area is 123 Å². The van der Waals surface area contributed by atoms with Gasteiger partial charge in [0.05, 0.1) is 11.9 Å². The molecule has 1 aromatic heterocycles. The molecule has 19 heavy (non-hydrogen) atoms. The van der Waals surface area contributed by atoms with Crippen molar-refractivity contribution < 1.29 is 0 Å². The van der Waals surface area contributed by atoms with Gasteiger partial charge in [-0.3, -0.25) is 0 Å². The SMILES string of the molecule is CCc1c(CNC(C)C)cnn1-c1ccccc1Br. The molecule has 1 N–H and O–H groups in total. The fraction of sp³-hybridized carbons (Fsp3) is 0.400. The van der Waals surface area contributed by atoms with E-state index in [9.17, 15) is 0 Å². The first-order valence-corrected chi connectivity index (χ1v) is 7.46. The molecule has 0 saturated heterocycles. The van der Waals surface area contributed by atoms with Crippen LogP contribution in [0.2, 0.25) is 0 Å². The van der Waals surface area contributed by atoms with Gasteiger partial charge in [-0.2, -0.15) is 5.10 Å². The Hall–Kier alpha value is -1.13. The summed E-state index contributed by atoms with van der Waals surface area (Å²) in [6.07, 6.45) is 2.93. The highest BCUT2D eigenvalue weighted by atomic mass is 79.9. The van der Waals surface area contributed by atoms with Crippen LogP contribution < -0.4 is 5.32 Å². The van der Waals surface area contributed by atoms with Crippen molar-refractivity contribution in [1.29, 1.82) is 0 Å². The predicted octanol–water partition coefficient (Wildman–Crippen LogP) is 3.70. The van der Waals surface area contributed by atoms with Gasteiger partial charge in [0.15, 0.2) is 0 Å². The maximum absolute atomic E-state index is 4.54. The van der Waals surface area contributed by atoms with E-state index in [1.807, 2.05) is 29.1 Å². The number of halogens is 1. The zero-order valence-electron chi connectivity index (χ0n) is 11.7. The minimum atomic E-state index is 0.483. The van der Waals surface area contributed by atoms with Crippen LogP contribution in [0.5, 0.6) is 0 Å². The van der Waals surface area contributed by atoms with Crippen molar-refractivity contribution in [1.82, 2.24) is 15.1 Å². The van der Waals surface area contributed by atoms with Crippen molar-refractivity contribution in [2.24, 2.45) is 0 Å². The Morgan fingerprint density at radius 1 is 1.32 bits per heavy atom. The van der Waals surface area contributed by atoms with Gasteiger partial charge in [0.2, 0.25) is 0 Å². The summed E-state index contributed by atoms with van der Waals surface area (Å²) in [6, 6.07) is 8.66. The van der Waals surface area contributed by atoms with Crippen LogP contribution >= 0.6 is 15.9 Å². The molecule has 2 aromatic rings. The van der Waals surface area contributed by atoms with Gasteiger partial charge in [0.25, 0.3) is 0 Å². The van der Waals surface area contributed by atoms with Crippen LogP contribution in [0.3, 0.4) is 0 Å². The molecule has 0 fully saturated rings. The van der Waals surface area contributed by atoms with Gasteiger partial charge in [-0.05, 0) is 34.5 Å². The number of nitrogens with zero attached hydrogens (tertiary/aromatic N) is 2. The quantitative estimate of drug-likeness (QED) is 0.910. The third kappa shape index (κ3) is 3.25. The van der Waals surface area contributed by atoms with Crippen molar-refractivity contribution in [3.05, 3.63) is 46.2 Å². The number of benzene rings is 1. The molecule has 1 heterocycles. The molecule has 0 spiro atoms. The van der Waals surface area contributed by atoms with Crippen molar-refractivity contribution in [3.63, 3.8) is 0 Å². The topological polar surface area (TPSA) is 29.9 Å². The fourth-order valence-electron chi connectivity index (χ4n) is 2.08. The van der Waals surface area contributed by atoms with Crippen LogP contribution in [0.4, 0.5) is 0 Å². The number of hydrogen-bond acceptors (Lipinski definition) is 2. The molecule has 0 bridgehead atoms. The summed E-state index contributed by atoms with van der Waals surface area (Å²) in [4.78, 5) is 0. The summed E-state index contributed by atoms with van der Waals surface area (Å²) >= 11 is 3.59. The van der Waals surface area contributed by atoms with E-state index < -0.39 is 0 Å². The Balaban J connectivity index is 2.35. The zero-order valence-corrected chi connectivity index (χ0v) is 13.2. The summed E-state index contributed by atoms with van der Waals surface area (Å²) < 4.78 is 3.10. The van der Waals surface area contributed by atoms with E-state index in [2.05, 4.69) is 53.2 Å². The summed E-state index contributed by atoms with van der Waals surface area (Å²) in [5.74, 6) is 0. The summed E-state index contributed by atoms with van der Waals surface area (Å²) in [7, 11) is 0. The van der Waals surface area contributed by atoms with Crippen molar-refractivity contribution in [2.75, 3.05) is 0 Å². The molecule has 0 aliphatic heterocycles. The second kappa shape index (κ2) is 6.35. The van der Waals surface area contributed by atoms with Gasteiger partial charge in [0, 0.05) is 28.3 Å². The van der Waals surface area contributed by atoms with Crippen LogP contribution in [0.1, 0.15) is 32.0 Å². The van der Waals surface area contributed by atoms with Gasteiger partial charge in [-0.1, -0.05) is 32.9 Å². The van der Waals surface area contributed by atoms with Crippen molar-refractivity contribution in [2.45, 2.75) is 39.8 Å². The molecular formula is C15H20BrN3. The molecule has 2 rings (SSSR count). The van der Waals surface area contributed by atoms with E-state index in [-0.39, 0.29) is 0 Å². The number of hydrogen-bond donors (Lipinski definition) is 1. The van der Waals surface area contributed by atoms with E-state index in [1.54, 1.807) is 0 Å². The molecule has 3 nitrogen and oxygen atoms in total. The molecule has 0 saturated carbocycles. The van der Waals surface area contributed by atoms with E-state index >= 15 is 0 Å². The molecule has 0 aliphatic rings. The molecule has 0 unspecified atom stereocenters. The van der Waals surface area contributed by atoms with Crippen LogP contribution in [0.15, 0.2) is 34.9 Å². The normalized spacial score (nSPS) is 11.2. The zero-order chi connectivity index (χ0) is 13.8. The molecule has 0 atom stereocenters. The first kappa shape index (κ1) is 14.3. The van der Waals surface area contributed by atoms with Gasteiger partial charge in [0.1, 0.15) is 0 Å². The Kier molecular flexibility index (Phi) is 4.77. The standard InChI is InChI=1S/C15H20BrN3/c1-4-14-12(9-17-11(2)3)10-18-19(14)15-8-6-5-7-13(15)16/h5-8,10-11,17H,4,9H2,1-3H3. The maximum atomic E-state index is 4.54. The van der Waals surface area contributed by atoms with Crippen molar-refractivity contribution >= 4 is 15.9 Å². The van der Waals surface area contributed by atoms with E-state index in [1.165, 1.54) is 11.3 Å². The highest BCUT2D eigenvalue weighted by molar-refractivity contribution is 9.10. The number of aromatic nitrogens is 2. The lowest BCUT2D eigenvalue weighted by Crippen LogP contribution is -2.22. The lowest BCUT2D eigenvalue weighted by molar-refractivity contribution is 0.586. The summed E-state index contributed by atoms with van der Waals surface area (Å²) in [6.45, 7) is 7.35. The van der Waals surface area contributed by atoms with Crippen LogP contribution in [0, 0.1) is 0 Å². The fourth-order valence-corrected chi connectivity index (χ4v) is 2.53. The van der Waals surface area contributed by atoms with Crippen molar-refractivity contribution in [3.8, 4) is 5.69 Å². The second-order valence-electron chi connectivity index (χ2n) is 4.87. The van der Waals surface area contributed by atoms with Gasteiger partial charge >= 0.3 is 0 Å². The second-order valence-corrected chi connectivity index (χ2v) is 5.72. The van der Waals surface area contributed by atoms with E-state index in [0.717, 1.165) is 23.1 Å². The minimum absolute atomic E-state index is 0.483. The predicted molar refractivity (Wildman–Crippen MR) is 82.6 cm³/mol. The molecule has 0 amide bonds. The van der Waals surface area contributed by atoms with E-state index in [0.29, 0.717) is 6.04 Å². The Morgan fingerprint density at radius 2 is 2.05 bits per heavy atom. The van der Waals surface area contributed by atoms with Crippen LogP contribution in [0.25, 0.3) is 5.69 Å². The van der Waals surface area contributed by atoms with Crippen LogP contribution in [-0.4, -0.2) is 15.8 Å². The lowest BCUT2D eigenvalue weighted by Gasteiger charge is -2.11. The number of para-hydroxylation sites is 1. The molecule has 4 heteroatoms. The first-order valence-electron chi connectivity index (χ1n) is 6.67. The highest BCUT2D eigenvalue weighted by Gasteiger charge is 2.12. The van der Waals surface area contributed by atoms with Gasteiger partial charge in [-0.25, -0.2) is 4.68 Å². The van der Waals surface area contributed by atoms with Gasteiger partial charge in [-0.15, -0.1) is 0 Å².